The highest BCUT2D eigenvalue weighted by molar-refractivity contribution is 7.16. The SMILES string of the molecule is Cc1nn2cc(C(=O)Nc3ccccc3OC(C)C)nc2s1. The molecule has 1 aromatic carbocycles. The summed E-state index contributed by atoms with van der Waals surface area (Å²) in [6.07, 6.45) is 1.66. The van der Waals surface area contributed by atoms with Crippen LogP contribution in [-0.2, 0) is 0 Å². The highest BCUT2D eigenvalue weighted by Gasteiger charge is 2.15. The van der Waals surface area contributed by atoms with Crippen LogP contribution in [0.2, 0.25) is 0 Å². The molecule has 0 spiro atoms. The molecule has 0 radical (unpaired) electrons. The van der Waals surface area contributed by atoms with Crippen molar-refractivity contribution in [1.82, 2.24) is 14.6 Å². The molecule has 0 saturated heterocycles. The van der Waals surface area contributed by atoms with Crippen molar-refractivity contribution < 1.29 is 9.53 Å². The zero-order valence-electron chi connectivity index (χ0n) is 12.5. The number of rotatable bonds is 4. The number of nitrogens with one attached hydrogen (secondary N) is 1. The minimum absolute atomic E-state index is 0.0307. The fourth-order valence-electron chi connectivity index (χ4n) is 2.02. The van der Waals surface area contributed by atoms with E-state index in [0.717, 1.165) is 5.01 Å². The molecule has 0 atom stereocenters. The van der Waals surface area contributed by atoms with Crippen LogP contribution in [0.4, 0.5) is 5.69 Å². The summed E-state index contributed by atoms with van der Waals surface area (Å²) in [4.78, 5) is 17.3. The second kappa shape index (κ2) is 5.76. The number of imidazole rings is 1. The van der Waals surface area contributed by atoms with Gasteiger partial charge in [0, 0.05) is 0 Å². The number of anilines is 1. The third kappa shape index (κ3) is 2.94. The van der Waals surface area contributed by atoms with Crippen molar-refractivity contribution in [2.75, 3.05) is 5.32 Å². The van der Waals surface area contributed by atoms with Crippen molar-refractivity contribution in [2.45, 2.75) is 26.9 Å². The summed E-state index contributed by atoms with van der Waals surface area (Å²) < 4.78 is 7.31. The van der Waals surface area contributed by atoms with E-state index in [4.69, 9.17) is 4.74 Å². The lowest BCUT2D eigenvalue weighted by Gasteiger charge is -2.14. The maximum Gasteiger partial charge on any atom is 0.276 e. The molecule has 2 heterocycles. The van der Waals surface area contributed by atoms with Crippen molar-refractivity contribution in [3.05, 3.63) is 41.2 Å². The number of carbonyl (C=O) groups excluding carboxylic acids is 1. The molecule has 0 aliphatic rings. The molecule has 0 fully saturated rings. The molecular formula is C15H16N4O2S. The number of para-hydroxylation sites is 2. The summed E-state index contributed by atoms with van der Waals surface area (Å²) in [6.45, 7) is 5.78. The zero-order valence-corrected chi connectivity index (χ0v) is 13.3. The molecule has 0 aliphatic carbocycles. The van der Waals surface area contributed by atoms with E-state index in [0.29, 0.717) is 22.1 Å². The molecule has 7 heteroatoms. The standard InChI is InChI=1S/C15H16N4O2S/c1-9(2)21-13-7-5-4-6-11(13)16-14(20)12-8-19-15(17-12)22-10(3)18-19/h4-9H,1-3H3,(H,16,20). The number of benzene rings is 1. The van der Waals surface area contributed by atoms with Gasteiger partial charge in [-0.05, 0) is 32.9 Å². The molecule has 3 aromatic rings. The monoisotopic (exact) mass is 316 g/mol. The van der Waals surface area contributed by atoms with Crippen molar-refractivity contribution in [3.8, 4) is 5.75 Å². The number of nitrogens with zero attached hydrogens (tertiary/aromatic N) is 3. The zero-order chi connectivity index (χ0) is 15.7. The van der Waals surface area contributed by atoms with Gasteiger partial charge in [0.2, 0.25) is 4.96 Å². The smallest absolute Gasteiger partial charge is 0.276 e. The van der Waals surface area contributed by atoms with E-state index in [1.54, 1.807) is 16.8 Å². The van der Waals surface area contributed by atoms with Gasteiger partial charge >= 0.3 is 0 Å². The molecule has 0 unspecified atom stereocenters. The Morgan fingerprint density at radius 3 is 2.86 bits per heavy atom. The third-order valence-corrected chi connectivity index (χ3v) is 3.71. The van der Waals surface area contributed by atoms with Crippen molar-refractivity contribution >= 4 is 27.9 Å². The summed E-state index contributed by atoms with van der Waals surface area (Å²) in [6, 6.07) is 7.34. The first-order valence-corrected chi connectivity index (χ1v) is 7.74. The molecule has 0 saturated carbocycles. The Bertz CT molecular complexity index is 790. The van der Waals surface area contributed by atoms with Gasteiger partial charge in [-0.2, -0.15) is 5.10 Å². The van der Waals surface area contributed by atoms with Crippen molar-refractivity contribution in [1.29, 1.82) is 0 Å². The second-order valence-corrected chi connectivity index (χ2v) is 6.25. The summed E-state index contributed by atoms with van der Waals surface area (Å²) in [5.74, 6) is 0.357. The van der Waals surface area contributed by atoms with Crippen molar-refractivity contribution in [3.63, 3.8) is 0 Å². The number of ether oxygens (including phenoxy) is 1. The molecule has 1 amide bonds. The summed E-state index contributed by atoms with van der Waals surface area (Å²) >= 11 is 1.44. The van der Waals surface area contributed by atoms with E-state index in [1.165, 1.54) is 11.3 Å². The number of hydrogen-bond donors (Lipinski definition) is 1. The van der Waals surface area contributed by atoms with Crippen LogP contribution in [0.1, 0.15) is 29.3 Å². The quantitative estimate of drug-likeness (QED) is 0.803. The van der Waals surface area contributed by atoms with Gasteiger partial charge in [-0.3, -0.25) is 4.79 Å². The van der Waals surface area contributed by atoms with Gasteiger partial charge in [-0.15, -0.1) is 0 Å². The maximum atomic E-state index is 12.3. The van der Waals surface area contributed by atoms with Crippen LogP contribution >= 0.6 is 11.3 Å². The molecule has 0 aliphatic heterocycles. The van der Waals surface area contributed by atoms with E-state index in [2.05, 4.69) is 15.4 Å². The predicted molar refractivity (Wildman–Crippen MR) is 85.8 cm³/mol. The molecule has 114 valence electrons. The summed E-state index contributed by atoms with van der Waals surface area (Å²) in [5, 5.41) is 7.99. The van der Waals surface area contributed by atoms with Crippen LogP contribution in [0.15, 0.2) is 30.5 Å². The van der Waals surface area contributed by atoms with Crippen LogP contribution < -0.4 is 10.1 Å². The van der Waals surface area contributed by atoms with Gasteiger partial charge in [0.05, 0.1) is 18.0 Å². The van der Waals surface area contributed by atoms with Crippen LogP contribution in [0, 0.1) is 6.92 Å². The Kier molecular flexibility index (Phi) is 3.81. The minimum Gasteiger partial charge on any atom is -0.489 e. The topological polar surface area (TPSA) is 68.5 Å². The van der Waals surface area contributed by atoms with E-state index in [-0.39, 0.29) is 12.0 Å². The van der Waals surface area contributed by atoms with Crippen LogP contribution in [0.5, 0.6) is 5.75 Å². The first-order valence-electron chi connectivity index (χ1n) is 6.93. The first-order chi connectivity index (χ1) is 10.5. The molecular weight excluding hydrogens is 300 g/mol. The average molecular weight is 316 g/mol. The Labute approximate surface area is 131 Å². The van der Waals surface area contributed by atoms with Crippen molar-refractivity contribution in [2.24, 2.45) is 0 Å². The normalized spacial score (nSPS) is 11.1. The molecule has 0 bridgehead atoms. The molecule has 2 aromatic heterocycles. The Hall–Kier alpha value is -2.41. The molecule has 22 heavy (non-hydrogen) atoms. The van der Waals surface area contributed by atoms with E-state index in [9.17, 15) is 4.79 Å². The number of aromatic nitrogens is 3. The first kappa shape index (κ1) is 14.5. The van der Waals surface area contributed by atoms with Gasteiger partial charge in [-0.1, -0.05) is 23.5 Å². The van der Waals surface area contributed by atoms with Gasteiger partial charge in [0.15, 0.2) is 0 Å². The van der Waals surface area contributed by atoms with Crippen LogP contribution in [0.3, 0.4) is 0 Å². The van der Waals surface area contributed by atoms with Gasteiger partial charge in [0.25, 0.3) is 5.91 Å². The number of aryl methyl sites for hydroxylation is 1. The van der Waals surface area contributed by atoms with E-state index >= 15 is 0 Å². The number of fused-ring (bicyclic) bond motifs is 1. The Morgan fingerprint density at radius 1 is 1.36 bits per heavy atom. The Balaban J connectivity index is 1.83. The molecule has 3 rings (SSSR count). The summed E-state index contributed by atoms with van der Waals surface area (Å²) in [7, 11) is 0. The number of amides is 1. The lowest BCUT2D eigenvalue weighted by molar-refractivity contribution is 0.102. The van der Waals surface area contributed by atoms with E-state index in [1.807, 2.05) is 39.0 Å². The largest absolute Gasteiger partial charge is 0.489 e. The Morgan fingerprint density at radius 2 is 2.14 bits per heavy atom. The average Bonchev–Trinajstić information content (AvgIpc) is 2.97. The highest BCUT2D eigenvalue weighted by Crippen LogP contribution is 2.25. The molecule has 6 nitrogen and oxygen atoms in total. The molecule has 1 N–H and O–H groups in total. The second-order valence-electron chi connectivity index (χ2n) is 5.09. The fourth-order valence-corrected chi connectivity index (χ4v) is 2.75. The highest BCUT2D eigenvalue weighted by atomic mass is 32.1. The van der Waals surface area contributed by atoms with Gasteiger partial charge in [-0.25, -0.2) is 9.50 Å². The maximum absolute atomic E-state index is 12.3. The van der Waals surface area contributed by atoms with Crippen LogP contribution in [0.25, 0.3) is 4.96 Å². The van der Waals surface area contributed by atoms with Crippen LogP contribution in [-0.4, -0.2) is 26.6 Å². The fraction of sp³-hybridized carbons (Fsp3) is 0.267. The minimum atomic E-state index is -0.282. The van der Waals surface area contributed by atoms with Gasteiger partial charge < -0.3 is 10.1 Å². The number of carbonyl (C=O) groups is 1. The predicted octanol–water partition coefficient (Wildman–Crippen LogP) is 3.14. The lowest BCUT2D eigenvalue weighted by Crippen LogP contribution is -2.14. The van der Waals surface area contributed by atoms with E-state index < -0.39 is 0 Å². The number of hydrogen-bond acceptors (Lipinski definition) is 5. The summed E-state index contributed by atoms with van der Waals surface area (Å²) in [5.41, 5.74) is 0.958. The third-order valence-electron chi connectivity index (χ3n) is 2.87. The van der Waals surface area contributed by atoms with Gasteiger partial charge in [0.1, 0.15) is 16.5 Å². The lowest BCUT2D eigenvalue weighted by atomic mass is 10.2.